The van der Waals surface area contributed by atoms with Gasteiger partial charge in [0, 0.05) is 16.3 Å². The maximum Gasteiger partial charge on any atom is 0.113 e. The zero-order chi connectivity index (χ0) is 10.6. The highest BCUT2D eigenvalue weighted by Crippen LogP contribution is 2.22. The molecule has 0 unspecified atom stereocenters. The van der Waals surface area contributed by atoms with Crippen LogP contribution in [0.5, 0.6) is 0 Å². The number of nitrogens with one attached hydrogen (secondary N) is 1. The Labute approximate surface area is 95.6 Å². The molecule has 0 aliphatic carbocycles. The van der Waals surface area contributed by atoms with Crippen LogP contribution in [0.4, 0.5) is 0 Å². The summed E-state index contributed by atoms with van der Waals surface area (Å²) in [5, 5.41) is 7.60. The van der Waals surface area contributed by atoms with Crippen molar-refractivity contribution in [3.63, 3.8) is 0 Å². The highest BCUT2D eigenvalue weighted by Gasteiger charge is 2.00. The Balaban J connectivity index is 2.85. The van der Waals surface area contributed by atoms with Crippen LogP contribution in [0, 0.1) is 5.41 Å². The summed E-state index contributed by atoms with van der Waals surface area (Å²) >= 11 is 9.29. The summed E-state index contributed by atoms with van der Waals surface area (Å²) in [6.07, 6.45) is 1.60. The fraction of sp³-hybridized carbons (Fsp3) is 0.111. The van der Waals surface area contributed by atoms with Crippen LogP contribution in [0.25, 0.3) is 0 Å². The number of hydrogen-bond acceptors (Lipinski definition) is 2. The Morgan fingerprint density at radius 2 is 2.36 bits per heavy atom. The first-order valence-corrected chi connectivity index (χ1v) is 5.05. The lowest BCUT2D eigenvalue weighted by atomic mass is 10.2. The number of hydrogen-bond donors (Lipinski definition) is 2. The van der Waals surface area contributed by atoms with Gasteiger partial charge in [-0.05, 0) is 12.1 Å². The monoisotopic (exact) mass is 273 g/mol. The lowest BCUT2D eigenvalue weighted by Crippen LogP contribution is -2.13. The molecule has 5 heteroatoms. The van der Waals surface area contributed by atoms with E-state index in [1.54, 1.807) is 12.3 Å². The minimum absolute atomic E-state index is 0.0319. The molecule has 0 bridgehead atoms. The van der Waals surface area contributed by atoms with Crippen molar-refractivity contribution in [2.45, 2.75) is 0 Å². The molecule has 14 heavy (non-hydrogen) atoms. The molecule has 1 rings (SSSR count). The summed E-state index contributed by atoms with van der Waals surface area (Å²) in [5.41, 5.74) is 5.96. The third kappa shape index (κ3) is 3.12. The lowest BCUT2D eigenvalue weighted by Gasteiger charge is -2.00. The summed E-state index contributed by atoms with van der Waals surface area (Å²) in [6, 6.07) is 5.50. The maximum atomic E-state index is 6.99. The Hall–Kier alpha value is -0.870. The number of rotatable bonds is 3. The second kappa shape index (κ2) is 5.12. The van der Waals surface area contributed by atoms with Gasteiger partial charge in [-0.3, -0.25) is 10.4 Å². The highest BCUT2D eigenvalue weighted by atomic mass is 79.9. The van der Waals surface area contributed by atoms with Gasteiger partial charge in [0.25, 0.3) is 0 Å². The van der Waals surface area contributed by atoms with Crippen molar-refractivity contribution >= 4 is 39.6 Å². The minimum Gasteiger partial charge on any atom is -0.386 e. The van der Waals surface area contributed by atoms with E-state index >= 15 is 0 Å². The molecule has 0 aliphatic heterocycles. The van der Waals surface area contributed by atoms with E-state index in [4.69, 9.17) is 22.7 Å². The Morgan fingerprint density at radius 1 is 1.64 bits per heavy atom. The molecule has 0 amide bonds. The molecule has 0 saturated carbocycles. The fourth-order valence-electron chi connectivity index (χ4n) is 0.869. The smallest absolute Gasteiger partial charge is 0.113 e. The topological polar surface area (TPSA) is 62.2 Å². The van der Waals surface area contributed by atoms with Crippen LogP contribution < -0.4 is 5.73 Å². The number of nitrogens with two attached hydrogens (primary N) is 1. The van der Waals surface area contributed by atoms with Gasteiger partial charge < -0.3 is 5.73 Å². The van der Waals surface area contributed by atoms with Crippen molar-refractivity contribution in [3.05, 3.63) is 33.3 Å². The molecule has 74 valence electrons. The third-order valence-corrected chi connectivity index (χ3v) is 2.50. The van der Waals surface area contributed by atoms with E-state index < -0.39 is 0 Å². The second-order valence-electron chi connectivity index (χ2n) is 2.63. The van der Waals surface area contributed by atoms with E-state index in [1.165, 1.54) is 0 Å². The van der Waals surface area contributed by atoms with E-state index in [2.05, 4.69) is 20.9 Å². The van der Waals surface area contributed by atoms with Gasteiger partial charge in [0.1, 0.15) is 5.84 Å². The first kappa shape index (κ1) is 11.2. The summed E-state index contributed by atoms with van der Waals surface area (Å²) < 4.78 is 0.873. The van der Waals surface area contributed by atoms with Gasteiger partial charge in [0.2, 0.25) is 0 Å². The van der Waals surface area contributed by atoms with Crippen molar-refractivity contribution in [1.29, 1.82) is 5.41 Å². The molecule has 0 saturated heterocycles. The van der Waals surface area contributed by atoms with E-state index in [1.807, 2.05) is 12.1 Å². The van der Waals surface area contributed by atoms with E-state index in [-0.39, 0.29) is 12.4 Å². The molecule has 0 aromatic heterocycles. The molecule has 0 radical (unpaired) electrons. The molecule has 0 aliphatic rings. The van der Waals surface area contributed by atoms with Gasteiger partial charge in [-0.25, -0.2) is 0 Å². The lowest BCUT2D eigenvalue weighted by molar-refractivity contribution is 1.24. The van der Waals surface area contributed by atoms with Crippen molar-refractivity contribution in [2.24, 2.45) is 10.7 Å². The fourth-order valence-corrected chi connectivity index (χ4v) is 1.68. The number of benzene rings is 1. The van der Waals surface area contributed by atoms with Crippen LogP contribution in [0.2, 0.25) is 5.02 Å². The van der Waals surface area contributed by atoms with Crippen molar-refractivity contribution < 1.29 is 0 Å². The second-order valence-corrected chi connectivity index (χ2v) is 3.89. The van der Waals surface area contributed by atoms with Crippen molar-refractivity contribution in [3.8, 4) is 0 Å². The van der Waals surface area contributed by atoms with Crippen LogP contribution in [-0.4, -0.2) is 18.6 Å². The first-order chi connectivity index (χ1) is 6.61. The summed E-state index contributed by atoms with van der Waals surface area (Å²) in [7, 11) is 0. The van der Waals surface area contributed by atoms with Crippen LogP contribution in [0.3, 0.4) is 0 Å². The Bertz CT molecular complexity index is 356. The van der Waals surface area contributed by atoms with Gasteiger partial charge in [0.15, 0.2) is 0 Å². The molecular weight excluding hydrogens is 265 g/mol. The van der Waals surface area contributed by atoms with Gasteiger partial charge >= 0.3 is 0 Å². The van der Waals surface area contributed by atoms with Gasteiger partial charge in [-0.1, -0.05) is 33.6 Å². The van der Waals surface area contributed by atoms with Crippen LogP contribution in [0.1, 0.15) is 5.56 Å². The normalized spacial score (nSPS) is 10.7. The SMILES string of the molecule is N=C(N)CN=Cc1c(Cl)cccc1Br. The predicted molar refractivity (Wildman–Crippen MR) is 63.5 cm³/mol. The number of aliphatic imine (C=N–C) groups is 1. The predicted octanol–water partition coefficient (Wildman–Crippen LogP) is 2.46. The minimum atomic E-state index is 0.0319. The van der Waals surface area contributed by atoms with Crippen LogP contribution >= 0.6 is 27.5 Å². The quantitative estimate of drug-likeness (QED) is 0.645. The van der Waals surface area contributed by atoms with Gasteiger partial charge in [-0.15, -0.1) is 0 Å². The van der Waals surface area contributed by atoms with E-state index in [9.17, 15) is 0 Å². The average molecular weight is 275 g/mol. The molecule has 1 aromatic carbocycles. The van der Waals surface area contributed by atoms with Gasteiger partial charge in [0.05, 0.1) is 11.6 Å². The molecule has 3 nitrogen and oxygen atoms in total. The number of nitrogens with zero attached hydrogens (tertiary/aromatic N) is 1. The molecule has 0 atom stereocenters. The van der Waals surface area contributed by atoms with E-state index in [0.29, 0.717) is 5.02 Å². The molecular formula is C9H9BrClN3. The number of amidine groups is 1. The average Bonchev–Trinajstić information content (AvgIpc) is 2.09. The van der Waals surface area contributed by atoms with Crippen molar-refractivity contribution in [2.75, 3.05) is 6.54 Å². The molecule has 0 heterocycles. The largest absolute Gasteiger partial charge is 0.386 e. The zero-order valence-electron chi connectivity index (χ0n) is 7.30. The summed E-state index contributed by atoms with van der Waals surface area (Å²) in [5.74, 6) is 0.0319. The van der Waals surface area contributed by atoms with Gasteiger partial charge in [-0.2, -0.15) is 0 Å². The van der Waals surface area contributed by atoms with Crippen LogP contribution in [-0.2, 0) is 0 Å². The third-order valence-electron chi connectivity index (χ3n) is 1.48. The molecule has 0 fully saturated rings. The summed E-state index contributed by atoms with van der Waals surface area (Å²) in [4.78, 5) is 3.97. The number of halogens is 2. The van der Waals surface area contributed by atoms with Crippen molar-refractivity contribution in [1.82, 2.24) is 0 Å². The molecule has 3 N–H and O–H groups in total. The summed E-state index contributed by atoms with van der Waals surface area (Å²) in [6.45, 7) is 0.192. The Morgan fingerprint density at radius 3 is 2.93 bits per heavy atom. The van der Waals surface area contributed by atoms with Crippen LogP contribution in [0.15, 0.2) is 27.7 Å². The zero-order valence-corrected chi connectivity index (χ0v) is 9.64. The molecule has 0 spiro atoms. The van der Waals surface area contributed by atoms with E-state index in [0.717, 1.165) is 10.0 Å². The standard InChI is InChI=1S/C9H9BrClN3/c10-7-2-1-3-8(11)6(7)4-14-5-9(12)13/h1-4H,5H2,(H3,12,13). The Kier molecular flexibility index (Phi) is 4.10. The first-order valence-electron chi connectivity index (χ1n) is 3.88. The molecule has 1 aromatic rings. The maximum absolute atomic E-state index is 6.99. The highest BCUT2D eigenvalue weighted by molar-refractivity contribution is 9.10.